The molecule has 1 aliphatic rings. The van der Waals surface area contributed by atoms with Crippen molar-refractivity contribution in [3.05, 3.63) is 23.3 Å². The van der Waals surface area contributed by atoms with E-state index in [9.17, 15) is 0 Å². The zero-order valence-electron chi connectivity index (χ0n) is 11.3. The molecular weight excluding hydrogens is 224 g/mol. The molecule has 2 heterocycles. The number of aromatic nitrogens is 3. The summed E-state index contributed by atoms with van der Waals surface area (Å²) in [4.78, 5) is 9.05. The molecule has 4 nitrogen and oxygen atoms in total. The molecule has 2 N–H and O–H groups in total. The van der Waals surface area contributed by atoms with Crippen molar-refractivity contribution in [2.45, 2.75) is 45.1 Å². The summed E-state index contributed by atoms with van der Waals surface area (Å²) >= 11 is 0. The third-order valence-corrected chi connectivity index (χ3v) is 4.14. The van der Waals surface area contributed by atoms with Gasteiger partial charge in [-0.2, -0.15) is 0 Å². The molecule has 0 aliphatic heterocycles. The minimum atomic E-state index is -0.178. The van der Waals surface area contributed by atoms with Crippen molar-refractivity contribution in [1.82, 2.24) is 14.5 Å². The Hall–Kier alpha value is -1.42. The number of nitrogens with two attached hydrogens (primary N) is 1. The Balaban J connectivity index is 2.31. The molecule has 0 amide bonds. The van der Waals surface area contributed by atoms with Gasteiger partial charge in [-0.25, -0.2) is 9.97 Å². The standard InChI is InChI=1S/C14H20N4/c1-9-12-11(14(15)6-4-5-7-14)8-18(3)13(12)17-10(2)16-9/h8H,4-7,15H2,1-3H3. The molecule has 0 bridgehead atoms. The third-order valence-electron chi connectivity index (χ3n) is 4.14. The fourth-order valence-electron chi connectivity index (χ4n) is 3.24. The molecule has 0 atom stereocenters. The number of hydrogen-bond donors (Lipinski definition) is 1. The maximum atomic E-state index is 6.60. The molecule has 2 aromatic heterocycles. The first-order valence-corrected chi connectivity index (χ1v) is 6.61. The highest BCUT2D eigenvalue weighted by Gasteiger charge is 2.34. The SMILES string of the molecule is Cc1nc(C)c2c(C3(N)CCCC3)cn(C)c2n1. The van der Waals surface area contributed by atoms with Gasteiger partial charge in [-0.3, -0.25) is 0 Å². The molecule has 1 aliphatic carbocycles. The van der Waals surface area contributed by atoms with Crippen molar-refractivity contribution < 1.29 is 0 Å². The van der Waals surface area contributed by atoms with Crippen molar-refractivity contribution in [1.29, 1.82) is 0 Å². The van der Waals surface area contributed by atoms with Gasteiger partial charge in [-0.05, 0) is 26.7 Å². The highest BCUT2D eigenvalue weighted by molar-refractivity contribution is 5.84. The van der Waals surface area contributed by atoms with Gasteiger partial charge in [0.25, 0.3) is 0 Å². The zero-order valence-corrected chi connectivity index (χ0v) is 11.3. The molecule has 18 heavy (non-hydrogen) atoms. The molecule has 3 rings (SSSR count). The minimum Gasteiger partial charge on any atom is -0.335 e. The van der Waals surface area contributed by atoms with Crippen LogP contribution < -0.4 is 5.73 Å². The van der Waals surface area contributed by atoms with E-state index in [0.717, 1.165) is 35.4 Å². The van der Waals surface area contributed by atoms with E-state index in [1.807, 2.05) is 14.0 Å². The fourth-order valence-corrected chi connectivity index (χ4v) is 3.24. The molecule has 1 fully saturated rings. The molecular formula is C14H20N4. The van der Waals surface area contributed by atoms with Gasteiger partial charge in [-0.1, -0.05) is 12.8 Å². The van der Waals surface area contributed by atoms with Crippen LogP contribution in [-0.2, 0) is 12.6 Å². The fraction of sp³-hybridized carbons (Fsp3) is 0.571. The summed E-state index contributed by atoms with van der Waals surface area (Å²) in [5, 5.41) is 1.16. The van der Waals surface area contributed by atoms with Crippen LogP contribution in [-0.4, -0.2) is 14.5 Å². The third kappa shape index (κ3) is 1.56. The predicted molar refractivity (Wildman–Crippen MR) is 72.3 cm³/mol. The highest BCUT2D eigenvalue weighted by Crippen LogP contribution is 2.40. The molecule has 0 saturated heterocycles. The first-order chi connectivity index (χ1) is 8.51. The van der Waals surface area contributed by atoms with Crippen molar-refractivity contribution >= 4 is 11.0 Å². The first kappa shape index (κ1) is 11.7. The molecule has 0 radical (unpaired) electrons. The largest absolute Gasteiger partial charge is 0.335 e. The first-order valence-electron chi connectivity index (χ1n) is 6.61. The molecule has 96 valence electrons. The Morgan fingerprint density at radius 1 is 1.22 bits per heavy atom. The summed E-state index contributed by atoms with van der Waals surface area (Å²) in [6, 6.07) is 0. The van der Waals surface area contributed by atoms with E-state index in [2.05, 4.69) is 27.7 Å². The minimum absolute atomic E-state index is 0.178. The van der Waals surface area contributed by atoms with Gasteiger partial charge in [-0.15, -0.1) is 0 Å². The lowest BCUT2D eigenvalue weighted by Crippen LogP contribution is -2.33. The molecule has 4 heteroatoms. The molecule has 2 aromatic rings. The summed E-state index contributed by atoms with van der Waals surface area (Å²) in [6.45, 7) is 3.99. The zero-order chi connectivity index (χ0) is 12.9. The summed E-state index contributed by atoms with van der Waals surface area (Å²) in [5.74, 6) is 0.824. The van der Waals surface area contributed by atoms with Crippen molar-refractivity contribution in [2.75, 3.05) is 0 Å². The van der Waals surface area contributed by atoms with Gasteiger partial charge in [0.1, 0.15) is 11.5 Å². The Morgan fingerprint density at radius 3 is 2.56 bits per heavy atom. The number of nitrogens with zero attached hydrogens (tertiary/aromatic N) is 3. The average molecular weight is 244 g/mol. The Morgan fingerprint density at radius 2 is 1.89 bits per heavy atom. The molecule has 0 unspecified atom stereocenters. The number of fused-ring (bicyclic) bond motifs is 1. The summed E-state index contributed by atoms with van der Waals surface area (Å²) < 4.78 is 2.08. The van der Waals surface area contributed by atoms with Crippen molar-refractivity contribution in [2.24, 2.45) is 12.8 Å². The second-order valence-corrected chi connectivity index (χ2v) is 5.57. The normalized spacial score (nSPS) is 18.7. The van der Waals surface area contributed by atoms with E-state index in [1.54, 1.807) is 0 Å². The maximum absolute atomic E-state index is 6.60. The summed E-state index contributed by atoms with van der Waals surface area (Å²) in [5.41, 5.74) is 9.70. The quantitative estimate of drug-likeness (QED) is 0.837. The molecule has 1 saturated carbocycles. The number of aryl methyl sites for hydroxylation is 3. The second kappa shape index (κ2) is 3.79. The van der Waals surface area contributed by atoms with E-state index in [-0.39, 0.29) is 5.54 Å². The molecule has 0 spiro atoms. The summed E-state index contributed by atoms with van der Waals surface area (Å²) in [6.07, 6.45) is 6.73. The van der Waals surface area contributed by atoms with Crippen LogP contribution in [0, 0.1) is 13.8 Å². The smallest absolute Gasteiger partial charge is 0.143 e. The van der Waals surface area contributed by atoms with E-state index in [0.29, 0.717) is 0 Å². The van der Waals surface area contributed by atoms with Gasteiger partial charge < -0.3 is 10.3 Å². The van der Waals surface area contributed by atoms with Gasteiger partial charge in [0.2, 0.25) is 0 Å². The van der Waals surface area contributed by atoms with Gasteiger partial charge in [0.05, 0.1) is 5.69 Å². The predicted octanol–water partition coefficient (Wildman–Crippen LogP) is 2.31. The Labute approximate surface area is 107 Å². The van der Waals surface area contributed by atoms with Crippen LogP contribution in [0.15, 0.2) is 6.20 Å². The Bertz CT molecular complexity index is 606. The van der Waals surface area contributed by atoms with Crippen LogP contribution in [0.3, 0.4) is 0 Å². The van der Waals surface area contributed by atoms with Crippen LogP contribution in [0.2, 0.25) is 0 Å². The van der Waals surface area contributed by atoms with Crippen LogP contribution >= 0.6 is 0 Å². The summed E-state index contributed by atoms with van der Waals surface area (Å²) in [7, 11) is 2.04. The highest BCUT2D eigenvalue weighted by atomic mass is 15.0. The lowest BCUT2D eigenvalue weighted by Gasteiger charge is -2.23. The molecule has 0 aromatic carbocycles. The second-order valence-electron chi connectivity index (χ2n) is 5.57. The van der Waals surface area contributed by atoms with Crippen molar-refractivity contribution in [3.63, 3.8) is 0 Å². The number of rotatable bonds is 1. The maximum Gasteiger partial charge on any atom is 0.143 e. The average Bonchev–Trinajstić information content (AvgIpc) is 2.85. The monoisotopic (exact) mass is 244 g/mol. The van der Waals surface area contributed by atoms with Gasteiger partial charge in [0.15, 0.2) is 0 Å². The lowest BCUT2D eigenvalue weighted by molar-refractivity contribution is 0.464. The van der Waals surface area contributed by atoms with E-state index < -0.39 is 0 Å². The lowest BCUT2D eigenvalue weighted by atomic mass is 9.89. The van der Waals surface area contributed by atoms with E-state index in [4.69, 9.17) is 5.73 Å². The van der Waals surface area contributed by atoms with Gasteiger partial charge >= 0.3 is 0 Å². The number of hydrogen-bond acceptors (Lipinski definition) is 3. The van der Waals surface area contributed by atoms with Crippen LogP contribution in [0.5, 0.6) is 0 Å². The Kier molecular flexibility index (Phi) is 2.45. The van der Waals surface area contributed by atoms with Gasteiger partial charge in [0, 0.05) is 29.7 Å². The topological polar surface area (TPSA) is 56.7 Å². The van der Waals surface area contributed by atoms with Crippen LogP contribution in [0.4, 0.5) is 0 Å². The van der Waals surface area contributed by atoms with E-state index in [1.165, 1.54) is 18.4 Å². The van der Waals surface area contributed by atoms with Crippen LogP contribution in [0.1, 0.15) is 42.8 Å². The van der Waals surface area contributed by atoms with Crippen LogP contribution in [0.25, 0.3) is 11.0 Å². The van der Waals surface area contributed by atoms with E-state index >= 15 is 0 Å². The van der Waals surface area contributed by atoms with Crippen molar-refractivity contribution in [3.8, 4) is 0 Å².